The first-order valence-corrected chi connectivity index (χ1v) is 7.47. The molecular weight excluding hydrogens is 276 g/mol. The highest BCUT2D eigenvalue weighted by Crippen LogP contribution is 2.48. The molecule has 1 aliphatic rings. The van der Waals surface area contributed by atoms with E-state index in [-0.39, 0.29) is 23.5 Å². The first kappa shape index (κ1) is 14.5. The second-order valence-electron chi connectivity index (χ2n) is 5.83. The van der Waals surface area contributed by atoms with Gasteiger partial charge in [-0.2, -0.15) is 0 Å². The quantitative estimate of drug-likeness (QED) is 0.791. The van der Waals surface area contributed by atoms with Crippen LogP contribution in [0.4, 0.5) is 0 Å². The van der Waals surface area contributed by atoms with Crippen molar-refractivity contribution < 1.29 is 14.9 Å². The molecule has 0 bridgehead atoms. The van der Waals surface area contributed by atoms with Crippen LogP contribution in [0.15, 0.2) is 36.4 Å². The lowest BCUT2D eigenvalue weighted by atomic mass is 9.91. The number of fused-ring (bicyclic) bond motifs is 1. The number of phenolic OH excluding ortho intramolecular Hbond substituents is 2. The predicted molar refractivity (Wildman–Crippen MR) is 87.4 cm³/mol. The third-order valence-corrected chi connectivity index (χ3v) is 4.20. The fourth-order valence-electron chi connectivity index (χ4n) is 3.08. The normalized spacial score (nSPS) is 20.1. The zero-order valence-electron chi connectivity index (χ0n) is 13.0. The summed E-state index contributed by atoms with van der Waals surface area (Å²) in [6, 6.07) is 9.15. The minimum absolute atomic E-state index is 0.113. The average molecular weight is 296 g/mol. The van der Waals surface area contributed by atoms with Gasteiger partial charge in [0.25, 0.3) is 0 Å². The van der Waals surface area contributed by atoms with Gasteiger partial charge in [0, 0.05) is 11.5 Å². The SMILES string of the molecule is C/C=C/c1cc(C)c2c(c1)[C@@H](C)[C@H](c1ccc(O)c(O)c1)O2. The van der Waals surface area contributed by atoms with Crippen molar-refractivity contribution in [3.63, 3.8) is 0 Å². The van der Waals surface area contributed by atoms with Crippen LogP contribution in [0.1, 0.15) is 48.1 Å². The predicted octanol–water partition coefficient (Wildman–Crippen LogP) is 4.68. The molecule has 0 spiro atoms. The summed E-state index contributed by atoms with van der Waals surface area (Å²) in [4.78, 5) is 0. The monoisotopic (exact) mass is 296 g/mol. The van der Waals surface area contributed by atoms with Crippen LogP contribution in [0.3, 0.4) is 0 Å². The van der Waals surface area contributed by atoms with Gasteiger partial charge in [-0.25, -0.2) is 0 Å². The molecule has 2 N–H and O–H groups in total. The van der Waals surface area contributed by atoms with E-state index in [4.69, 9.17) is 4.74 Å². The summed E-state index contributed by atoms with van der Waals surface area (Å²) in [5.41, 5.74) is 4.34. The lowest BCUT2D eigenvalue weighted by Crippen LogP contribution is -2.07. The summed E-state index contributed by atoms with van der Waals surface area (Å²) in [6.45, 7) is 6.18. The second kappa shape index (κ2) is 5.41. The standard InChI is InChI=1S/C19H20O3/c1-4-5-13-8-11(2)18-15(9-13)12(3)19(22-18)14-6-7-16(20)17(21)10-14/h4-10,12,19-21H,1-3H3/b5-4+/t12-,19-/m1/s1. The van der Waals surface area contributed by atoms with E-state index in [1.165, 1.54) is 17.2 Å². The molecule has 114 valence electrons. The molecule has 0 radical (unpaired) electrons. The van der Waals surface area contributed by atoms with Crippen LogP contribution < -0.4 is 4.74 Å². The van der Waals surface area contributed by atoms with Gasteiger partial charge in [-0.3, -0.25) is 0 Å². The molecule has 0 amide bonds. The van der Waals surface area contributed by atoms with Crippen molar-refractivity contribution in [2.24, 2.45) is 0 Å². The van der Waals surface area contributed by atoms with Gasteiger partial charge < -0.3 is 14.9 Å². The van der Waals surface area contributed by atoms with Gasteiger partial charge in [0.05, 0.1) is 0 Å². The van der Waals surface area contributed by atoms with Gasteiger partial charge >= 0.3 is 0 Å². The second-order valence-corrected chi connectivity index (χ2v) is 5.83. The summed E-state index contributed by atoms with van der Waals surface area (Å²) in [6.07, 6.45) is 3.96. The number of ether oxygens (including phenoxy) is 1. The van der Waals surface area contributed by atoms with Gasteiger partial charge in [0.2, 0.25) is 0 Å². The van der Waals surface area contributed by atoms with E-state index in [2.05, 4.69) is 32.1 Å². The summed E-state index contributed by atoms with van der Waals surface area (Å²) >= 11 is 0. The van der Waals surface area contributed by atoms with Gasteiger partial charge in [0.15, 0.2) is 11.5 Å². The number of aryl methyl sites for hydroxylation is 1. The fraction of sp³-hybridized carbons (Fsp3) is 0.263. The Morgan fingerprint density at radius 1 is 1.09 bits per heavy atom. The zero-order chi connectivity index (χ0) is 15.9. The van der Waals surface area contributed by atoms with E-state index < -0.39 is 0 Å². The highest BCUT2D eigenvalue weighted by Gasteiger charge is 2.33. The molecule has 3 rings (SSSR count). The summed E-state index contributed by atoms with van der Waals surface area (Å²) in [5.74, 6) is 0.884. The highest BCUT2D eigenvalue weighted by molar-refractivity contribution is 5.59. The Balaban J connectivity index is 2.01. The minimum Gasteiger partial charge on any atom is -0.504 e. The third-order valence-electron chi connectivity index (χ3n) is 4.20. The van der Waals surface area contributed by atoms with Crippen molar-refractivity contribution >= 4 is 6.08 Å². The summed E-state index contributed by atoms with van der Waals surface area (Å²) < 4.78 is 6.15. The van der Waals surface area contributed by atoms with Crippen LogP contribution >= 0.6 is 0 Å². The van der Waals surface area contributed by atoms with Crippen LogP contribution in [0.25, 0.3) is 6.08 Å². The van der Waals surface area contributed by atoms with E-state index >= 15 is 0 Å². The Kier molecular flexibility index (Phi) is 3.57. The average Bonchev–Trinajstić information content (AvgIpc) is 2.81. The van der Waals surface area contributed by atoms with Crippen LogP contribution in [0, 0.1) is 6.92 Å². The van der Waals surface area contributed by atoms with Crippen molar-refractivity contribution in [3.8, 4) is 17.2 Å². The van der Waals surface area contributed by atoms with E-state index in [1.54, 1.807) is 12.1 Å². The minimum atomic E-state index is -0.152. The van der Waals surface area contributed by atoms with Crippen LogP contribution in [0.2, 0.25) is 0 Å². The molecule has 0 saturated heterocycles. The highest BCUT2D eigenvalue weighted by atomic mass is 16.5. The topological polar surface area (TPSA) is 49.7 Å². The van der Waals surface area contributed by atoms with E-state index in [9.17, 15) is 10.2 Å². The number of aromatic hydroxyl groups is 2. The Morgan fingerprint density at radius 2 is 1.86 bits per heavy atom. The summed E-state index contributed by atoms with van der Waals surface area (Å²) in [5, 5.41) is 19.2. The number of phenols is 2. The van der Waals surface area contributed by atoms with Crippen molar-refractivity contribution in [2.45, 2.75) is 32.8 Å². The van der Waals surface area contributed by atoms with Gasteiger partial charge in [0.1, 0.15) is 11.9 Å². The molecule has 0 fully saturated rings. The van der Waals surface area contributed by atoms with E-state index in [0.29, 0.717) is 0 Å². The smallest absolute Gasteiger partial charge is 0.157 e. The van der Waals surface area contributed by atoms with Crippen LogP contribution in [0.5, 0.6) is 17.2 Å². The van der Waals surface area contributed by atoms with Crippen LogP contribution in [-0.4, -0.2) is 10.2 Å². The van der Waals surface area contributed by atoms with Crippen molar-refractivity contribution in [1.82, 2.24) is 0 Å². The van der Waals surface area contributed by atoms with Gasteiger partial charge in [-0.1, -0.05) is 25.1 Å². The molecule has 2 aromatic carbocycles. The molecule has 0 saturated carbocycles. The molecule has 0 unspecified atom stereocenters. The molecule has 2 atom stereocenters. The lowest BCUT2D eigenvalue weighted by Gasteiger charge is -2.16. The first-order valence-electron chi connectivity index (χ1n) is 7.47. The van der Waals surface area contributed by atoms with E-state index in [0.717, 1.165) is 16.9 Å². The van der Waals surface area contributed by atoms with Crippen molar-refractivity contribution in [2.75, 3.05) is 0 Å². The zero-order valence-corrected chi connectivity index (χ0v) is 13.0. The van der Waals surface area contributed by atoms with Gasteiger partial charge in [-0.15, -0.1) is 0 Å². The van der Waals surface area contributed by atoms with Crippen molar-refractivity contribution in [3.05, 3.63) is 58.7 Å². The Morgan fingerprint density at radius 3 is 2.55 bits per heavy atom. The fourth-order valence-corrected chi connectivity index (χ4v) is 3.08. The van der Waals surface area contributed by atoms with E-state index in [1.807, 2.05) is 13.0 Å². The van der Waals surface area contributed by atoms with Crippen molar-refractivity contribution in [1.29, 1.82) is 0 Å². The lowest BCUT2D eigenvalue weighted by molar-refractivity contribution is 0.214. The molecule has 0 aliphatic carbocycles. The molecule has 1 aliphatic heterocycles. The number of hydrogen-bond donors (Lipinski definition) is 2. The maximum absolute atomic E-state index is 9.72. The molecule has 22 heavy (non-hydrogen) atoms. The largest absolute Gasteiger partial charge is 0.504 e. The molecular formula is C19H20O3. The number of hydrogen-bond acceptors (Lipinski definition) is 3. The van der Waals surface area contributed by atoms with Crippen LogP contribution in [-0.2, 0) is 0 Å². The maximum atomic E-state index is 9.72. The molecule has 2 aromatic rings. The first-order chi connectivity index (χ1) is 10.5. The third kappa shape index (κ3) is 2.33. The molecule has 0 aromatic heterocycles. The molecule has 3 nitrogen and oxygen atoms in total. The molecule has 3 heteroatoms. The maximum Gasteiger partial charge on any atom is 0.157 e. The Hall–Kier alpha value is -2.42. The molecule has 1 heterocycles. The Bertz CT molecular complexity index is 747. The Labute approximate surface area is 130 Å². The number of rotatable bonds is 2. The van der Waals surface area contributed by atoms with Gasteiger partial charge in [-0.05, 0) is 54.8 Å². The summed E-state index contributed by atoms with van der Waals surface area (Å²) in [7, 11) is 0. The number of benzene rings is 2. The number of allylic oxidation sites excluding steroid dienone is 1.